The molecule has 0 heterocycles. The Balaban J connectivity index is 1.39. The van der Waals surface area contributed by atoms with Gasteiger partial charge in [-0.1, -0.05) is 78.9 Å². The summed E-state index contributed by atoms with van der Waals surface area (Å²) < 4.78 is 5.85. The summed E-state index contributed by atoms with van der Waals surface area (Å²) in [5.41, 5.74) is 2.48. The third-order valence-corrected chi connectivity index (χ3v) is 11.3. The molecule has 0 aliphatic heterocycles. The van der Waals surface area contributed by atoms with Crippen molar-refractivity contribution in [2.45, 2.75) is 131 Å². The van der Waals surface area contributed by atoms with Crippen LogP contribution in [0.3, 0.4) is 0 Å². The van der Waals surface area contributed by atoms with Crippen LogP contribution >= 0.6 is 0 Å². The van der Waals surface area contributed by atoms with Gasteiger partial charge in [0.05, 0.1) is 0 Å². The summed E-state index contributed by atoms with van der Waals surface area (Å²) >= 11 is 0. The number of amides is 1. The number of nitrogens with one attached hydrogen (secondary N) is 1. The zero-order valence-corrected chi connectivity index (χ0v) is 23.8. The molecule has 0 saturated heterocycles. The van der Waals surface area contributed by atoms with Gasteiger partial charge in [-0.2, -0.15) is 0 Å². The molecule has 0 spiro atoms. The Morgan fingerprint density at radius 1 is 1.06 bits per heavy atom. The van der Waals surface area contributed by atoms with Crippen LogP contribution in [0.4, 0.5) is 4.79 Å². The molecule has 3 heteroatoms. The standard InChI is InChI=1S/C32H55NO2/c1-7-8-20-33-30(34)35-25-16-18-31(5)24(21-25)12-13-26-28-15-14-27(23(4)11-9-10-22(2)3)32(28,6)19-17-29(26)31/h12,22-23,25-29H,7-11,13-21H2,1-6H3,(H,33,34)/t23-,25?,26?,27-,28?,29?,31+,32-/m1/s1. The van der Waals surface area contributed by atoms with Crippen molar-refractivity contribution in [2.75, 3.05) is 6.54 Å². The van der Waals surface area contributed by atoms with Gasteiger partial charge in [0, 0.05) is 13.0 Å². The highest BCUT2D eigenvalue weighted by Crippen LogP contribution is 2.67. The van der Waals surface area contributed by atoms with Crippen LogP contribution in [0.1, 0.15) is 125 Å². The van der Waals surface area contributed by atoms with Crippen molar-refractivity contribution in [3.63, 3.8) is 0 Å². The molecular weight excluding hydrogens is 430 g/mol. The molecule has 35 heavy (non-hydrogen) atoms. The van der Waals surface area contributed by atoms with Crippen LogP contribution in [0, 0.1) is 46.3 Å². The van der Waals surface area contributed by atoms with Gasteiger partial charge in [-0.05, 0) is 97.7 Å². The van der Waals surface area contributed by atoms with E-state index in [1.807, 2.05) is 0 Å². The molecule has 3 nitrogen and oxygen atoms in total. The molecule has 4 aliphatic rings. The summed E-state index contributed by atoms with van der Waals surface area (Å²) in [6.45, 7) is 15.4. The Labute approximate surface area is 216 Å². The van der Waals surface area contributed by atoms with Crippen molar-refractivity contribution in [1.29, 1.82) is 0 Å². The van der Waals surface area contributed by atoms with Crippen molar-refractivity contribution in [3.05, 3.63) is 11.6 Å². The van der Waals surface area contributed by atoms with Crippen LogP contribution in [0.2, 0.25) is 0 Å². The monoisotopic (exact) mass is 485 g/mol. The second-order valence-corrected chi connectivity index (χ2v) is 13.8. The zero-order chi connectivity index (χ0) is 25.2. The summed E-state index contributed by atoms with van der Waals surface area (Å²) in [6, 6.07) is 0. The van der Waals surface area contributed by atoms with Crippen LogP contribution in [0.15, 0.2) is 11.6 Å². The maximum absolute atomic E-state index is 12.2. The fourth-order valence-corrected chi connectivity index (χ4v) is 9.31. The molecule has 4 unspecified atom stereocenters. The average molecular weight is 486 g/mol. The number of allylic oxidation sites excluding steroid dienone is 1. The van der Waals surface area contributed by atoms with E-state index in [0.717, 1.165) is 67.7 Å². The predicted molar refractivity (Wildman–Crippen MR) is 146 cm³/mol. The maximum Gasteiger partial charge on any atom is 0.407 e. The third-order valence-electron chi connectivity index (χ3n) is 11.3. The quantitative estimate of drug-likeness (QED) is 0.261. The molecule has 8 atom stereocenters. The fraction of sp³-hybridized carbons (Fsp3) is 0.906. The zero-order valence-electron chi connectivity index (χ0n) is 23.8. The molecule has 0 radical (unpaired) electrons. The number of unbranched alkanes of at least 4 members (excludes halogenated alkanes) is 1. The van der Waals surface area contributed by atoms with Gasteiger partial charge in [-0.15, -0.1) is 0 Å². The molecule has 0 aromatic rings. The summed E-state index contributed by atoms with van der Waals surface area (Å²) in [5.74, 6) is 5.24. The minimum atomic E-state index is -0.214. The minimum absolute atomic E-state index is 0.0592. The number of fused-ring (bicyclic) bond motifs is 5. The van der Waals surface area contributed by atoms with Crippen LogP contribution in [0.5, 0.6) is 0 Å². The van der Waals surface area contributed by atoms with Gasteiger partial charge in [-0.25, -0.2) is 4.79 Å². The smallest absolute Gasteiger partial charge is 0.407 e. The second kappa shape index (κ2) is 11.2. The molecular formula is C32H55NO2. The number of rotatable bonds is 9. The minimum Gasteiger partial charge on any atom is -0.446 e. The van der Waals surface area contributed by atoms with Crippen LogP contribution in [0.25, 0.3) is 0 Å². The predicted octanol–water partition coefficient (Wildman–Crippen LogP) is 8.92. The first-order chi connectivity index (χ1) is 16.7. The molecule has 4 aliphatic carbocycles. The summed E-state index contributed by atoms with van der Waals surface area (Å²) in [4.78, 5) is 12.2. The number of ether oxygens (including phenoxy) is 1. The Hall–Kier alpha value is -0.990. The number of hydrogen-bond donors (Lipinski definition) is 1. The first-order valence-corrected chi connectivity index (χ1v) is 15.3. The van der Waals surface area contributed by atoms with E-state index in [9.17, 15) is 4.79 Å². The van der Waals surface area contributed by atoms with Crippen molar-refractivity contribution in [2.24, 2.45) is 46.3 Å². The fourth-order valence-electron chi connectivity index (χ4n) is 9.31. The number of carbonyl (C=O) groups is 1. The highest BCUT2D eigenvalue weighted by Gasteiger charge is 2.59. The van der Waals surface area contributed by atoms with Crippen LogP contribution < -0.4 is 5.32 Å². The Morgan fingerprint density at radius 3 is 2.60 bits per heavy atom. The SMILES string of the molecule is CCCCNC(=O)OC1CC[C@@]2(C)C(=CCC3C2CC[C@@]2(C)C3CC[C@@H]2[C@H](C)CCCC(C)C)C1. The van der Waals surface area contributed by atoms with E-state index in [4.69, 9.17) is 4.74 Å². The molecule has 0 aromatic carbocycles. The van der Waals surface area contributed by atoms with E-state index < -0.39 is 0 Å². The Bertz CT molecular complexity index is 759. The van der Waals surface area contributed by atoms with E-state index in [1.54, 1.807) is 5.57 Å². The summed E-state index contributed by atoms with van der Waals surface area (Å²) in [6.07, 6.45) is 19.0. The molecule has 4 rings (SSSR count). The highest BCUT2D eigenvalue weighted by molar-refractivity contribution is 5.67. The number of carbonyl (C=O) groups excluding carboxylic acids is 1. The average Bonchev–Trinajstić information content (AvgIpc) is 3.16. The molecule has 1 N–H and O–H groups in total. The molecule has 3 fully saturated rings. The number of alkyl carbamates (subject to hydrolysis) is 1. The normalized spacial score (nSPS) is 39.3. The summed E-state index contributed by atoms with van der Waals surface area (Å²) in [7, 11) is 0. The van der Waals surface area contributed by atoms with Crippen molar-refractivity contribution in [3.8, 4) is 0 Å². The van der Waals surface area contributed by atoms with E-state index in [1.165, 1.54) is 57.8 Å². The Kier molecular flexibility index (Phi) is 8.64. The Morgan fingerprint density at radius 2 is 1.86 bits per heavy atom. The van der Waals surface area contributed by atoms with Crippen LogP contribution in [-0.2, 0) is 4.74 Å². The van der Waals surface area contributed by atoms with Crippen LogP contribution in [-0.4, -0.2) is 18.7 Å². The molecule has 200 valence electrons. The van der Waals surface area contributed by atoms with Gasteiger partial charge >= 0.3 is 6.09 Å². The largest absolute Gasteiger partial charge is 0.446 e. The second-order valence-electron chi connectivity index (χ2n) is 13.8. The lowest BCUT2D eigenvalue weighted by atomic mass is 9.47. The maximum atomic E-state index is 12.2. The lowest BCUT2D eigenvalue weighted by Gasteiger charge is -2.58. The lowest BCUT2D eigenvalue weighted by Crippen LogP contribution is -2.51. The van der Waals surface area contributed by atoms with E-state index in [-0.39, 0.29) is 12.2 Å². The third kappa shape index (κ3) is 5.49. The van der Waals surface area contributed by atoms with Gasteiger partial charge < -0.3 is 10.1 Å². The van der Waals surface area contributed by atoms with Crippen molar-refractivity contribution in [1.82, 2.24) is 5.32 Å². The number of hydrogen-bond acceptors (Lipinski definition) is 2. The first-order valence-electron chi connectivity index (χ1n) is 15.3. The lowest BCUT2D eigenvalue weighted by molar-refractivity contribution is -0.0581. The van der Waals surface area contributed by atoms with Crippen molar-refractivity contribution < 1.29 is 9.53 Å². The summed E-state index contributed by atoms with van der Waals surface area (Å²) in [5, 5.41) is 2.94. The van der Waals surface area contributed by atoms with E-state index in [0.29, 0.717) is 10.8 Å². The van der Waals surface area contributed by atoms with Crippen molar-refractivity contribution >= 4 is 6.09 Å². The van der Waals surface area contributed by atoms with Gasteiger partial charge in [0.1, 0.15) is 6.10 Å². The van der Waals surface area contributed by atoms with Gasteiger partial charge in [-0.3, -0.25) is 0 Å². The van der Waals surface area contributed by atoms with E-state index >= 15 is 0 Å². The topological polar surface area (TPSA) is 38.3 Å². The molecule has 1 amide bonds. The van der Waals surface area contributed by atoms with Gasteiger partial charge in [0.25, 0.3) is 0 Å². The van der Waals surface area contributed by atoms with Gasteiger partial charge in [0.2, 0.25) is 0 Å². The van der Waals surface area contributed by atoms with E-state index in [2.05, 4.69) is 52.9 Å². The highest BCUT2D eigenvalue weighted by atomic mass is 16.6. The van der Waals surface area contributed by atoms with Gasteiger partial charge in [0.15, 0.2) is 0 Å². The molecule has 0 aromatic heterocycles. The molecule has 3 saturated carbocycles. The molecule has 0 bridgehead atoms. The first kappa shape index (κ1) is 27.1.